The van der Waals surface area contributed by atoms with Crippen LogP contribution in [0, 0.1) is 5.41 Å². The Labute approximate surface area is 250 Å². The minimum atomic E-state index is -0.521. The zero-order chi connectivity index (χ0) is 30.3. The summed E-state index contributed by atoms with van der Waals surface area (Å²) in [7, 11) is 0. The van der Waals surface area contributed by atoms with Gasteiger partial charge in [-0.3, -0.25) is 10.2 Å². The molecule has 1 aliphatic carbocycles. The van der Waals surface area contributed by atoms with Crippen molar-refractivity contribution in [1.82, 2.24) is 10.6 Å². The number of esters is 1. The van der Waals surface area contributed by atoms with E-state index in [4.69, 9.17) is 20.6 Å². The van der Waals surface area contributed by atoms with Gasteiger partial charge in [0.1, 0.15) is 0 Å². The molecule has 0 spiro atoms. The Hall–Kier alpha value is -2.09. The van der Waals surface area contributed by atoms with Crippen LogP contribution < -0.4 is 16.4 Å². The van der Waals surface area contributed by atoms with Crippen molar-refractivity contribution in [2.24, 2.45) is 5.73 Å². The van der Waals surface area contributed by atoms with Crippen LogP contribution in [-0.2, 0) is 19.1 Å². The summed E-state index contributed by atoms with van der Waals surface area (Å²) in [6, 6.07) is -0.896. The molecule has 3 atom stereocenters. The molecule has 238 valence electrons. The Morgan fingerprint density at radius 3 is 1.78 bits per heavy atom. The first kappa shape index (κ1) is 36.9. The molecule has 0 heterocycles. The van der Waals surface area contributed by atoms with Crippen LogP contribution >= 0.6 is 0 Å². The van der Waals surface area contributed by atoms with Crippen LogP contribution in [0.2, 0.25) is 0 Å². The van der Waals surface area contributed by atoms with Crippen molar-refractivity contribution in [1.29, 1.82) is 5.41 Å². The second-order valence-corrected chi connectivity index (χ2v) is 11.8. The smallest absolute Gasteiger partial charge is 0.333 e. The van der Waals surface area contributed by atoms with Crippen molar-refractivity contribution in [3.8, 4) is 0 Å². The van der Waals surface area contributed by atoms with Crippen molar-refractivity contribution in [3.05, 3.63) is 11.6 Å². The first-order valence-corrected chi connectivity index (χ1v) is 16.7. The summed E-state index contributed by atoms with van der Waals surface area (Å²) in [4.78, 5) is 24.9. The summed E-state index contributed by atoms with van der Waals surface area (Å²) < 4.78 is 11.9. The van der Waals surface area contributed by atoms with Crippen molar-refractivity contribution >= 4 is 17.8 Å². The van der Waals surface area contributed by atoms with Gasteiger partial charge in [0.2, 0.25) is 5.91 Å². The maximum Gasteiger partial charge on any atom is 0.333 e. The van der Waals surface area contributed by atoms with Gasteiger partial charge in [-0.15, -0.1) is 0 Å². The summed E-state index contributed by atoms with van der Waals surface area (Å²) in [6.45, 7) is 8.21. The number of nitrogens with two attached hydrogens (primary N) is 1. The SMILES string of the molecule is CCCCCCCCCCCCCCCCCCOC(=O)C1=C[C@@H](OC(CC)CC)[C@H](NC(C)=O)[C@@H](NC(=N)N)C1. The number of hydrogen-bond acceptors (Lipinski definition) is 5. The van der Waals surface area contributed by atoms with Gasteiger partial charge in [0.05, 0.1) is 30.9 Å². The van der Waals surface area contributed by atoms with Crippen LogP contribution in [0.3, 0.4) is 0 Å². The van der Waals surface area contributed by atoms with Gasteiger partial charge < -0.3 is 25.8 Å². The fourth-order valence-corrected chi connectivity index (χ4v) is 5.61. The lowest BCUT2D eigenvalue weighted by atomic mass is 9.87. The molecule has 0 aromatic heterocycles. The van der Waals surface area contributed by atoms with Gasteiger partial charge in [0, 0.05) is 18.9 Å². The van der Waals surface area contributed by atoms with Crippen LogP contribution in [0.4, 0.5) is 0 Å². The van der Waals surface area contributed by atoms with Gasteiger partial charge in [0.25, 0.3) is 0 Å². The van der Waals surface area contributed by atoms with Crippen molar-refractivity contribution in [3.63, 3.8) is 0 Å². The minimum absolute atomic E-state index is 0.00837. The average Bonchev–Trinajstić information content (AvgIpc) is 2.94. The molecule has 0 aromatic carbocycles. The summed E-state index contributed by atoms with van der Waals surface area (Å²) in [5.41, 5.74) is 6.12. The molecule has 8 nitrogen and oxygen atoms in total. The normalized spacial score (nSPS) is 18.7. The van der Waals surface area contributed by atoms with Gasteiger partial charge in [-0.25, -0.2) is 4.79 Å². The van der Waals surface area contributed by atoms with Gasteiger partial charge in [-0.2, -0.15) is 0 Å². The number of unbranched alkanes of at least 4 members (excludes halogenated alkanes) is 15. The maximum absolute atomic E-state index is 12.9. The van der Waals surface area contributed by atoms with E-state index in [9.17, 15) is 9.59 Å². The molecule has 1 amide bonds. The summed E-state index contributed by atoms with van der Waals surface area (Å²) in [5, 5.41) is 13.6. The predicted octanol–water partition coefficient (Wildman–Crippen LogP) is 7.05. The standard InChI is InChI=1S/C33H62N4O4/c1-5-8-9-10-11-12-13-14-15-16-17-18-19-20-21-22-23-40-32(39)27-24-29(37-33(34)35)31(36-26(4)38)30(25-27)41-28(6-2)7-3/h25,28-31H,5-24H2,1-4H3,(H,36,38)(H4,34,35,37)/t29-,30+,31+/m0/s1. The fourth-order valence-electron chi connectivity index (χ4n) is 5.61. The van der Waals surface area contributed by atoms with Crippen LogP contribution in [0.15, 0.2) is 11.6 Å². The Bertz CT molecular complexity index is 754. The Kier molecular flexibility index (Phi) is 21.1. The third-order valence-corrected chi connectivity index (χ3v) is 8.06. The molecule has 0 bridgehead atoms. The molecule has 5 N–H and O–H groups in total. The van der Waals surface area contributed by atoms with E-state index in [1.807, 2.05) is 13.8 Å². The van der Waals surface area contributed by atoms with E-state index in [1.54, 1.807) is 6.08 Å². The molecule has 41 heavy (non-hydrogen) atoms. The molecule has 0 radical (unpaired) electrons. The Balaban J connectivity index is 2.34. The van der Waals surface area contributed by atoms with Crippen molar-refractivity contribution in [2.45, 2.75) is 174 Å². The van der Waals surface area contributed by atoms with Crippen molar-refractivity contribution < 1.29 is 19.1 Å². The molecule has 0 aliphatic heterocycles. The highest BCUT2D eigenvalue weighted by atomic mass is 16.5. The van der Waals surface area contributed by atoms with Gasteiger partial charge in [-0.1, -0.05) is 117 Å². The Morgan fingerprint density at radius 2 is 1.34 bits per heavy atom. The minimum Gasteiger partial charge on any atom is -0.462 e. The number of amides is 1. The number of nitrogens with one attached hydrogen (secondary N) is 3. The second kappa shape index (κ2) is 23.5. The largest absolute Gasteiger partial charge is 0.462 e. The van der Waals surface area contributed by atoms with E-state index in [2.05, 4.69) is 17.6 Å². The van der Waals surface area contributed by atoms with Gasteiger partial charge in [-0.05, 0) is 25.3 Å². The topological polar surface area (TPSA) is 127 Å². The number of carbonyl (C=O) groups excluding carboxylic acids is 2. The number of hydrogen-bond donors (Lipinski definition) is 4. The maximum atomic E-state index is 12.9. The molecule has 1 aliphatic rings. The first-order chi connectivity index (χ1) is 19.8. The summed E-state index contributed by atoms with van der Waals surface area (Å²) in [6.07, 6.45) is 24.0. The van der Waals surface area contributed by atoms with Gasteiger partial charge >= 0.3 is 5.97 Å². The monoisotopic (exact) mass is 578 g/mol. The lowest BCUT2D eigenvalue weighted by molar-refractivity contribution is -0.139. The molecular weight excluding hydrogens is 516 g/mol. The predicted molar refractivity (Wildman–Crippen MR) is 169 cm³/mol. The third-order valence-electron chi connectivity index (χ3n) is 8.06. The van der Waals surface area contributed by atoms with E-state index in [0.717, 1.165) is 25.7 Å². The molecule has 0 saturated carbocycles. The zero-order valence-electron chi connectivity index (χ0n) is 26.7. The molecule has 0 unspecified atom stereocenters. The van der Waals surface area contributed by atoms with E-state index in [0.29, 0.717) is 18.6 Å². The molecule has 1 rings (SSSR count). The van der Waals surface area contributed by atoms with Crippen LogP contribution in [0.25, 0.3) is 0 Å². The zero-order valence-corrected chi connectivity index (χ0v) is 26.7. The average molecular weight is 579 g/mol. The summed E-state index contributed by atoms with van der Waals surface area (Å²) in [5.74, 6) is -0.776. The van der Waals surface area contributed by atoms with E-state index in [1.165, 1.54) is 96.8 Å². The third kappa shape index (κ3) is 17.5. The van der Waals surface area contributed by atoms with Crippen LogP contribution in [0.1, 0.15) is 150 Å². The molecule has 0 saturated heterocycles. The van der Waals surface area contributed by atoms with E-state index in [-0.39, 0.29) is 23.9 Å². The number of guanidine groups is 1. The van der Waals surface area contributed by atoms with Crippen molar-refractivity contribution in [2.75, 3.05) is 6.61 Å². The van der Waals surface area contributed by atoms with Crippen LogP contribution in [-0.4, -0.2) is 48.7 Å². The summed E-state index contributed by atoms with van der Waals surface area (Å²) >= 11 is 0. The van der Waals surface area contributed by atoms with E-state index >= 15 is 0 Å². The Morgan fingerprint density at radius 1 is 0.854 bits per heavy atom. The lowest BCUT2D eigenvalue weighted by Crippen LogP contribution is -2.60. The molecule has 0 aromatic rings. The van der Waals surface area contributed by atoms with E-state index < -0.39 is 18.2 Å². The number of ether oxygens (including phenoxy) is 2. The van der Waals surface area contributed by atoms with Gasteiger partial charge in [0.15, 0.2) is 5.96 Å². The molecular formula is C33H62N4O4. The second-order valence-electron chi connectivity index (χ2n) is 11.8. The fraction of sp³-hybridized carbons (Fsp3) is 0.848. The quantitative estimate of drug-likeness (QED) is 0.0421. The van der Waals surface area contributed by atoms with Crippen LogP contribution in [0.5, 0.6) is 0 Å². The highest BCUT2D eigenvalue weighted by Gasteiger charge is 2.38. The highest BCUT2D eigenvalue weighted by Crippen LogP contribution is 2.25. The molecule has 8 heteroatoms. The first-order valence-electron chi connectivity index (χ1n) is 16.7. The highest BCUT2D eigenvalue weighted by molar-refractivity contribution is 5.89. The lowest BCUT2D eigenvalue weighted by Gasteiger charge is -2.38. The number of carbonyl (C=O) groups is 2. The number of rotatable bonds is 24. The molecule has 0 fully saturated rings.